The van der Waals surface area contributed by atoms with Crippen LogP contribution in [-0.2, 0) is 5.41 Å². The van der Waals surface area contributed by atoms with E-state index in [0.717, 1.165) is 40.0 Å². The van der Waals surface area contributed by atoms with Crippen molar-refractivity contribution in [3.63, 3.8) is 0 Å². The van der Waals surface area contributed by atoms with E-state index < -0.39 is 0 Å². The number of aromatic nitrogens is 3. The Balaban J connectivity index is 1.27. The van der Waals surface area contributed by atoms with Gasteiger partial charge in [0, 0.05) is 16.7 Å². The minimum absolute atomic E-state index is 0.309. The van der Waals surface area contributed by atoms with Gasteiger partial charge in [0.05, 0.1) is 23.3 Å². The van der Waals surface area contributed by atoms with Crippen LogP contribution >= 0.6 is 0 Å². The lowest BCUT2D eigenvalue weighted by Gasteiger charge is -2.50. The average molecular weight is 586 g/mol. The molecule has 0 saturated heterocycles. The fraction of sp³-hybridized carbons (Fsp3) is 0.275. The summed E-state index contributed by atoms with van der Waals surface area (Å²) in [7, 11) is 0. The Bertz CT molecular complexity index is 1870. The van der Waals surface area contributed by atoms with Crippen molar-refractivity contribution >= 4 is 0 Å². The van der Waals surface area contributed by atoms with Gasteiger partial charge in [0.2, 0.25) is 0 Å². The SMILES string of the molecule is C[C@@H]1CC2C[C@H](C)CC(c3ccc(-c4cccc(-c5nc(-c6cccc(C#N)c6)nc(-c6cccc(C#N)c6)n5)c4)cc3)(C2)C1. The van der Waals surface area contributed by atoms with Gasteiger partial charge < -0.3 is 0 Å². The highest BCUT2D eigenvalue weighted by molar-refractivity contribution is 5.73. The summed E-state index contributed by atoms with van der Waals surface area (Å²) in [5, 5.41) is 19.0. The lowest BCUT2D eigenvalue weighted by Crippen LogP contribution is -2.42. The molecule has 2 unspecified atom stereocenters. The molecule has 5 heteroatoms. The fourth-order valence-corrected chi connectivity index (χ4v) is 8.13. The summed E-state index contributed by atoms with van der Waals surface area (Å²) in [5.41, 5.74) is 7.49. The third-order valence-corrected chi connectivity index (χ3v) is 9.72. The molecule has 0 aliphatic heterocycles. The smallest absolute Gasteiger partial charge is 0.164 e. The summed E-state index contributed by atoms with van der Waals surface area (Å²) < 4.78 is 0. The van der Waals surface area contributed by atoms with Gasteiger partial charge in [-0.05, 0) is 102 Å². The number of hydrogen-bond acceptors (Lipinski definition) is 5. The van der Waals surface area contributed by atoms with E-state index in [1.54, 1.807) is 24.3 Å². The van der Waals surface area contributed by atoms with Crippen molar-refractivity contribution in [1.82, 2.24) is 15.0 Å². The zero-order chi connectivity index (χ0) is 31.0. The molecule has 2 fully saturated rings. The van der Waals surface area contributed by atoms with Crippen LogP contribution in [-0.4, -0.2) is 15.0 Å². The summed E-state index contributed by atoms with van der Waals surface area (Å²) in [6, 6.07) is 36.6. The number of benzene rings is 4. The maximum absolute atomic E-state index is 9.49. The molecule has 0 N–H and O–H groups in total. The number of hydrogen-bond donors (Lipinski definition) is 0. The van der Waals surface area contributed by atoms with Crippen molar-refractivity contribution in [2.45, 2.75) is 51.4 Å². The highest BCUT2D eigenvalue weighted by Crippen LogP contribution is 2.54. The van der Waals surface area contributed by atoms with E-state index >= 15 is 0 Å². The van der Waals surface area contributed by atoms with E-state index in [2.05, 4.69) is 62.4 Å². The molecule has 2 aliphatic carbocycles. The molecule has 5 nitrogen and oxygen atoms in total. The van der Waals surface area contributed by atoms with Gasteiger partial charge in [-0.25, -0.2) is 15.0 Å². The first kappa shape index (κ1) is 28.6. The molecule has 0 amide bonds. The minimum atomic E-state index is 0.309. The van der Waals surface area contributed by atoms with Crippen LogP contribution in [0.1, 0.15) is 62.6 Å². The van der Waals surface area contributed by atoms with Gasteiger partial charge >= 0.3 is 0 Å². The summed E-state index contributed by atoms with van der Waals surface area (Å²) in [5.74, 6) is 3.92. The molecule has 2 saturated carbocycles. The van der Waals surface area contributed by atoms with Crippen LogP contribution in [0.2, 0.25) is 0 Å². The van der Waals surface area contributed by atoms with Gasteiger partial charge in [-0.3, -0.25) is 0 Å². The maximum atomic E-state index is 9.49. The second kappa shape index (κ2) is 11.8. The molecule has 7 rings (SSSR count). The van der Waals surface area contributed by atoms with Crippen molar-refractivity contribution in [2.75, 3.05) is 0 Å². The first-order valence-corrected chi connectivity index (χ1v) is 15.9. The van der Waals surface area contributed by atoms with Crippen molar-refractivity contribution < 1.29 is 0 Å². The summed E-state index contributed by atoms with van der Waals surface area (Å²) in [4.78, 5) is 14.5. The van der Waals surface area contributed by atoms with E-state index in [4.69, 9.17) is 15.0 Å². The van der Waals surface area contributed by atoms with E-state index in [1.165, 1.54) is 43.2 Å². The summed E-state index contributed by atoms with van der Waals surface area (Å²) in [6.07, 6.45) is 6.67. The molecule has 220 valence electrons. The van der Waals surface area contributed by atoms with E-state index in [0.29, 0.717) is 34.0 Å². The van der Waals surface area contributed by atoms with Gasteiger partial charge in [-0.15, -0.1) is 0 Å². The van der Waals surface area contributed by atoms with Gasteiger partial charge in [0.1, 0.15) is 0 Å². The third-order valence-electron chi connectivity index (χ3n) is 9.72. The normalized spacial score (nSPS) is 22.3. The van der Waals surface area contributed by atoms with Crippen LogP contribution in [0.5, 0.6) is 0 Å². The highest BCUT2D eigenvalue weighted by Gasteiger charge is 2.45. The second-order valence-corrected chi connectivity index (χ2v) is 13.3. The van der Waals surface area contributed by atoms with Crippen LogP contribution in [0, 0.1) is 40.4 Å². The molecule has 2 bridgehead atoms. The first-order valence-electron chi connectivity index (χ1n) is 15.9. The van der Waals surface area contributed by atoms with Gasteiger partial charge in [-0.2, -0.15) is 10.5 Å². The topological polar surface area (TPSA) is 86.2 Å². The van der Waals surface area contributed by atoms with Crippen LogP contribution in [0.15, 0.2) is 97.1 Å². The van der Waals surface area contributed by atoms with Gasteiger partial charge in [0.15, 0.2) is 17.5 Å². The lowest BCUT2D eigenvalue weighted by molar-refractivity contribution is 0.0780. The second-order valence-electron chi connectivity index (χ2n) is 13.3. The van der Waals surface area contributed by atoms with Crippen molar-refractivity contribution in [3.05, 3.63) is 114 Å². The fourth-order valence-electron chi connectivity index (χ4n) is 8.13. The maximum Gasteiger partial charge on any atom is 0.164 e. The number of fused-ring (bicyclic) bond motifs is 2. The Labute approximate surface area is 265 Å². The largest absolute Gasteiger partial charge is 0.208 e. The molecule has 0 spiro atoms. The first-order chi connectivity index (χ1) is 21.9. The Morgan fingerprint density at radius 3 is 1.53 bits per heavy atom. The summed E-state index contributed by atoms with van der Waals surface area (Å²) in [6.45, 7) is 4.88. The van der Waals surface area contributed by atoms with Crippen LogP contribution in [0.25, 0.3) is 45.3 Å². The molecule has 2 aliphatic rings. The molecule has 1 heterocycles. The minimum Gasteiger partial charge on any atom is -0.208 e. The predicted molar refractivity (Wildman–Crippen MR) is 178 cm³/mol. The van der Waals surface area contributed by atoms with Gasteiger partial charge in [-0.1, -0.05) is 80.6 Å². The van der Waals surface area contributed by atoms with Crippen molar-refractivity contribution in [1.29, 1.82) is 10.5 Å². The molecule has 4 aromatic carbocycles. The van der Waals surface area contributed by atoms with Gasteiger partial charge in [0.25, 0.3) is 0 Å². The predicted octanol–water partition coefficient (Wildman–Crippen LogP) is 9.39. The van der Waals surface area contributed by atoms with Crippen molar-refractivity contribution in [3.8, 4) is 57.4 Å². The average Bonchev–Trinajstić information content (AvgIpc) is 3.07. The summed E-state index contributed by atoms with van der Waals surface area (Å²) >= 11 is 0. The standard InChI is InChI=1S/C40H35N5/c1-26-16-30-17-27(2)22-40(21-26,23-30)36-14-12-31(13-15-36)32-8-5-11-35(20-32)39-44-37(33-9-3-6-28(18-33)24-41)43-38(45-39)34-10-4-7-29(19-34)25-42/h3-15,18-20,26-27,30H,16-17,21-23H2,1-2H3/t26-,27+,30?,40?. The lowest BCUT2D eigenvalue weighted by atomic mass is 9.54. The van der Waals surface area contributed by atoms with Crippen LogP contribution in [0.4, 0.5) is 0 Å². The molecule has 45 heavy (non-hydrogen) atoms. The van der Waals surface area contributed by atoms with E-state index in [1.807, 2.05) is 36.4 Å². The molecule has 5 aromatic rings. The number of rotatable bonds is 5. The molecular weight excluding hydrogens is 550 g/mol. The Kier molecular flexibility index (Phi) is 7.48. The Hall–Kier alpha value is -5.13. The van der Waals surface area contributed by atoms with Crippen LogP contribution < -0.4 is 0 Å². The molecule has 4 atom stereocenters. The molecule has 1 aromatic heterocycles. The molecule has 0 radical (unpaired) electrons. The Morgan fingerprint density at radius 2 is 1.02 bits per heavy atom. The van der Waals surface area contributed by atoms with Crippen molar-refractivity contribution in [2.24, 2.45) is 17.8 Å². The van der Waals surface area contributed by atoms with E-state index in [-0.39, 0.29) is 0 Å². The number of nitrogens with zero attached hydrogens (tertiary/aromatic N) is 5. The number of nitriles is 2. The molecular formula is C40H35N5. The van der Waals surface area contributed by atoms with Crippen LogP contribution in [0.3, 0.4) is 0 Å². The zero-order valence-electron chi connectivity index (χ0n) is 25.7. The quantitative estimate of drug-likeness (QED) is 0.205. The van der Waals surface area contributed by atoms with E-state index in [9.17, 15) is 10.5 Å². The monoisotopic (exact) mass is 585 g/mol. The Morgan fingerprint density at radius 1 is 0.556 bits per heavy atom. The zero-order valence-corrected chi connectivity index (χ0v) is 25.7. The third kappa shape index (κ3) is 5.75. The highest BCUT2D eigenvalue weighted by atomic mass is 15.0.